The summed E-state index contributed by atoms with van der Waals surface area (Å²) in [6.45, 7) is 6.77. The summed E-state index contributed by atoms with van der Waals surface area (Å²) >= 11 is 0. The Labute approximate surface area is 72.9 Å². The van der Waals surface area contributed by atoms with Crippen LogP contribution in [0, 0.1) is 11.3 Å². The van der Waals surface area contributed by atoms with E-state index in [1.54, 1.807) is 0 Å². The topological polar surface area (TPSA) is 27.7 Å². The molecular formula is C9H16O3. The van der Waals surface area contributed by atoms with Gasteiger partial charge in [-0.05, 0) is 12.8 Å². The molecule has 2 fully saturated rings. The van der Waals surface area contributed by atoms with Crippen LogP contribution in [0.4, 0.5) is 0 Å². The third kappa shape index (κ3) is 0.873. The Hall–Kier alpha value is -0.120. The van der Waals surface area contributed by atoms with Crippen molar-refractivity contribution in [3.05, 3.63) is 0 Å². The molecule has 1 aliphatic heterocycles. The summed E-state index contributed by atoms with van der Waals surface area (Å²) in [6, 6.07) is 0. The molecule has 2 atom stereocenters. The summed E-state index contributed by atoms with van der Waals surface area (Å²) in [5.41, 5.74) is 0.0723. The molecule has 0 amide bonds. The average molecular weight is 172 g/mol. The molecule has 3 heteroatoms. The molecule has 0 aromatic rings. The van der Waals surface area contributed by atoms with Crippen LogP contribution in [0.15, 0.2) is 0 Å². The van der Waals surface area contributed by atoms with Gasteiger partial charge < -0.3 is 4.74 Å². The summed E-state index contributed by atoms with van der Waals surface area (Å²) in [6.07, 6.45) is 2.29. The van der Waals surface area contributed by atoms with Crippen LogP contribution >= 0.6 is 0 Å². The first-order valence-corrected chi connectivity index (χ1v) is 4.53. The minimum absolute atomic E-state index is 0.0723. The van der Waals surface area contributed by atoms with Crippen molar-refractivity contribution in [1.29, 1.82) is 0 Å². The van der Waals surface area contributed by atoms with Gasteiger partial charge in [-0.1, -0.05) is 20.8 Å². The van der Waals surface area contributed by atoms with Crippen LogP contribution < -0.4 is 0 Å². The Morgan fingerprint density at radius 1 is 1.33 bits per heavy atom. The van der Waals surface area contributed by atoms with E-state index in [-0.39, 0.29) is 12.2 Å². The Balaban J connectivity index is 2.29. The molecule has 1 aliphatic carbocycles. The molecule has 70 valence electrons. The Morgan fingerprint density at radius 3 is 2.50 bits per heavy atom. The third-order valence-electron chi connectivity index (χ3n) is 3.30. The molecule has 1 heterocycles. The summed E-state index contributed by atoms with van der Waals surface area (Å²) in [7, 11) is 0. The van der Waals surface area contributed by atoms with Crippen LogP contribution in [0.5, 0.6) is 0 Å². The highest BCUT2D eigenvalue weighted by atomic mass is 17.3. The van der Waals surface area contributed by atoms with Gasteiger partial charge in [-0.3, -0.25) is 0 Å². The lowest BCUT2D eigenvalue weighted by Gasteiger charge is -2.36. The number of hydrogen-bond acceptors (Lipinski definition) is 3. The van der Waals surface area contributed by atoms with Gasteiger partial charge >= 0.3 is 0 Å². The molecule has 1 spiro atoms. The van der Waals surface area contributed by atoms with E-state index in [2.05, 4.69) is 20.8 Å². The molecule has 3 nitrogen and oxygen atoms in total. The van der Waals surface area contributed by atoms with Crippen LogP contribution in [0.1, 0.15) is 33.6 Å². The molecule has 2 aliphatic rings. The van der Waals surface area contributed by atoms with Crippen molar-refractivity contribution in [2.24, 2.45) is 11.3 Å². The predicted molar refractivity (Wildman–Crippen MR) is 43.0 cm³/mol. The lowest BCUT2D eigenvalue weighted by atomic mass is 9.84. The largest absolute Gasteiger partial charge is 0.317 e. The van der Waals surface area contributed by atoms with E-state index in [0.717, 1.165) is 12.8 Å². The van der Waals surface area contributed by atoms with Crippen molar-refractivity contribution in [3.63, 3.8) is 0 Å². The average Bonchev–Trinajstić information content (AvgIpc) is 2.55. The molecule has 0 radical (unpaired) electrons. The summed E-state index contributed by atoms with van der Waals surface area (Å²) in [5, 5.41) is 0. The SMILES string of the molecule is CC1CCC(C)(C)C12OCOO2. The van der Waals surface area contributed by atoms with Crippen LogP contribution in [0.3, 0.4) is 0 Å². The summed E-state index contributed by atoms with van der Waals surface area (Å²) < 4.78 is 5.58. The van der Waals surface area contributed by atoms with Crippen LogP contribution in [-0.4, -0.2) is 12.6 Å². The molecule has 0 bridgehead atoms. The normalized spacial score (nSPS) is 45.8. The fourth-order valence-corrected chi connectivity index (χ4v) is 2.39. The van der Waals surface area contributed by atoms with Crippen molar-refractivity contribution in [1.82, 2.24) is 0 Å². The smallest absolute Gasteiger partial charge is 0.211 e. The van der Waals surface area contributed by atoms with E-state index < -0.39 is 5.79 Å². The Kier molecular flexibility index (Phi) is 1.72. The molecule has 0 aromatic heterocycles. The fraction of sp³-hybridized carbons (Fsp3) is 1.00. The van der Waals surface area contributed by atoms with Gasteiger partial charge in [0.05, 0.1) is 0 Å². The van der Waals surface area contributed by atoms with Gasteiger partial charge in [0.2, 0.25) is 5.79 Å². The van der Waals surface area contributed by atoms with Gasteiger partial charge in [0.1, 0.15) is 0 Å². The first kappa shape index (κ1) is 8.48. The zero-order chi connectivity index (χ0) is 8.82. The van der Waals surface area contributed by atoms with Crippen LogP contribution in [0.2, 0.25) is 0 Å². The van der Waals surface area contributed by atoms with Crippen LogP contribution in [0.25, 0.3) is 0 Å². The van der Waals surface area contributed by atoms with Crippen molar-refractivity contribution < 1.29 is 14.5 Å². The van der Waals surface area contributed by atoms with Gasteiger partial charge in [0, 0.05) is 11.3 Å². The highest BCUT2D eigenvalue weighted by molar-refractivity contribution is 4.97. The molecule has 0 N–H and O–H groups in total. The number of ether oxygens (including phenoxy) is 1. The van der Waals surface area contributed by atoms with Gasteiger partial charge in [0.25, 0.3) is 0 Å². The van der Waals surface area contributed by atoms with E-state index in [9.17, 15) is 0 Å². The maximum Gasteiger partial charge on any atom is 0.211 e. The van der Waals surface area contributed by atoms with Crippen LogP contribution in [-0.2, 0) is 14.5 Å². The Bertz CT molecular complexity index is 182. The van der Waals surface area contributed by atoms with Crippen molar-refractivity contribution in [2.75, 3.05) is 6.79 Å². The monoisotopic (exact) mass is 172 g/mol. The predicted octanol–water partition coefficient (Wildman–Crippen LogP) is 2.07. The molecule has 2 unspecified atom stereocenters. The highest BCUT2D eigenvalue weighted by Crippen LogP contribution is 2.54. The highest BCUT2D eigenvalue weighted by Gasteiger charge is 2.59. The van der Waals surface area contributed by atoms with Gasteiger partial charge in [-0.2, -0.15) is 4.89 Å². The van der Waals surface area contributed by atoms with Gasteiger partial charge in [-0.15, -0.1) is 0 Å². The molecule has 1 saturated heterocycles. The fourth-order valence-electron chi connectivity index (χ4n) is 2.39. The summed E-state index contributed by atoms with van der Waals surface area (Å²) in [5.74, 6) is -0.0532. The van der Waals surface area contributed by atoms with E-state index in [1.807, 2.05) is 0 Å². The first-order valence-electron chi connectivity index (χ1n) is 4.53. The minimum Gasteiger partial charge on any atom is -0.317 e. The van der Waals surface area contributed by atoms with E-state index in [4.69, 9.17) is 14.5 Å². The Morgan fingerprint density at radius 2 is 2.08 bits per heavy atom. The number of hydrogen-bond donors (Lipinski definition) is 0. The quantitative estimate of drug-likeness (QED) is 0.523. The first-order chi connectivity index (χ1) is 5.58. The van der Waals surface area contributed by atoms with E-state index in [0.29, 0.717) is 5.92 Å². The third-order valence-corrected chi connectivity index (χ3v) is 3.30. The van der Waals surface area contributed by atoms with Crippen molar-refractivity contribution >= 4 is 0 Å². The van der Waals surface area contributed by atoms with E-state index >= 15 is 0 Å². The lowest BCUT2D eigenvalue weighted by molar-refractivity contribution is -0.356. The molecule has 12 heavy (non-hydrogen) atoms. The van der Waals surface area contributed by atoms with E-state index in [1.165, 1.54) is 0 Å². The maximum absolute atomic E-state index is 5.58. The number of rotatable bonds is 0. The lowest BCUT2D eigenvalue weighted by Crippen LogP contribution is -2.45. The zero-order valence-electron chi connectivity index (χ0n) is 7.92. The van der Waals surface area contributed by atoms with Crippen molar-refractivity contribution in [2.45, 2.75) is 39.4 Å². The summed E-state index contributed by atoms with van der Waals surface area (Å²) in [4.78, 5) is 10.2. The van der Waals surface area contributed by atoms with Gasteiger partial charge in [-0.25, -0.2) is 4.89 Å². The second kappa shape index (κ2) is 2.44. The molecule has 0 aromatic carbocycles. The van der Waals surface area contributed by atoms with Gasteiger partial charge in [0.15, 0.2) is 6.79 Å². The second-order valence-corrected chi connectivity index (χ2v) is 4.45. The zero-order valence-corrected chi connectivity index (χ0v) is 7.92. The molecular weight excluding hydrogens is 156 g/mol. The molecule has 2 rings (SSSR count). The van der Waals surface area contributed by atoms with Crippen molar-refractivity contribution in [3.8, 4) is 0 Å². The minimum atomic E-state index is -0.479. The standard InChI is InChI=1S/C9H16O3/c1-7-4-5-8(2,3)9(7)10-6-11-12-9/h7H,4-6H2,1-3H3. The second-order valence-electron chi connectivity index (χ2n) is 4.45. The molecule has 1 saturated carbocycles. The maximum atomic E-state index is 5.58.